The van der Waals surface area contributed by atoms with Crippen molar-refractivity contribution >= 4 is 5.78 Å². The Morgan fingerprint density at radius 3 is 2.63 bits per heavy atom. The number of Topliss-reactive ketones (excluding diaryl/α,β-unsaturated/α-hetero) is 1. The van der Waals surface area contributed by atoms with Crippen LogP contribution in [0.15, 0.2) is 6.07 Å². The zero-order valence-electron chi connectivity index (χ0n) is 26.5. The number of piperazine rings is 1. The molecule has 2 aromatic rings. The largest absolute Gasteiger partial charge is 0.504 e. The van der Waals surface area contributed by atoms with Crippen molar-refractivity contribution in [2.45, 2.75) is 96.9 Å². The van der Waals surface area contributed by atoms with Gasteiger partial charge in [-0.25, -0.2) is 0 Å². The Bertz CT molecular complexity index is 1490. The first kappa shape index (κ1) is 29.7. The highest BCUT2D eigenvalue weighted by molar-refractivity contribution is 5.80. The number of aryl methyl sites for hydroxylation is 1. The Balaban J connectivity index is 1.56. The molecule has 4 aliphatic rings. The molecule has 0 aromatic heterocycles. The van der Waals surface area contributed by atoms with Gasteiger partial charge in [-0.2, -0.15) is 0 Å². The fourth-order valence-corrected chi connectivity index (χ4v) is 8.39. The summed E-state index contributed by atoms with van der Waals surface area (Å²) in [6.45, 7) is 10.7. The summed E-state index contributed by atoms with van der Waals surface area (Å²) in [5.41, 5.74) is 6.04. The molecule has 0 aliphatic carbocycles. The molecule has 0 spiro atoms. The molecule has 8 heteroatoms. The van der Waals surface area contributed by atoms with Gasteiger partial charge in [0.25, 0.3) is 0 Å². The van der Waals surface area contributed by atoms with E-state index in [0.717, 1.165) is 52.2 Å². The van der Waals surface area contributed by atoms with E-state index in [4.69, 9.17) is 25.4 Å². The fourth-order valence-electron chi connectivity index (χ4n) is 8.39. The van der Waals surface area contributed by atoms with Crippen LogP contribution in [-0.4, -0.2) is 66.4 Å². The molecule has 8 nitrogen and oxygen atoms in total. The van der Waals surface area contributed by atoms with Gasteiger partial charge in [0, 0.05) is 58.8 Å². The van der Waals surface area contributed by atoms with Crippen molar-refractivity contribution in [3.63, 3.8) is 0 Å². The van der Waals surface area contributed by atoms with Crippen LogP contribution >= 0.6 is 0 Å². The number of hydrogen-bond donors (Lipinski definition) is 1. The van der Waals surface area contributed by atoms with Crippen molar-refractivity contribution < 1.29 is 28.8 Å². The number of ether oxygens (including phenoxy) is 4. The van der Waals surface area contributed by atoms with Gasteiger partial charge >= 0.3 is 0 Å². The molecule has 6 rings (SSSR count). The number of terminal acetylenes is 1. The zero-order chi connectivity index (χ0) is 30.7. The number of aromatic hydroxyl groups is 1. The van der Waals surface area contributed by atoms with E-state index in [1.165, 1.54) is 5.56 Å². The standard InChI is InChI=1S/C35H44N2O6/c1-9-13-41-33-20(5)34-35(43-17-42-34)29-23(33)16-26-30-28-22(14-19(4)32(40-8)31(28)39)15-25(36(30)7)21(6)37(26)24(29)11-12-27(38)18(3)10-2/h1,14,18,21,24-26,30,39H,10-13,15-17H2,2-8H3/t18?,21?,24?,25-,26?,30-/m0/s1. The lowest BCUT2D eigenvalue weighted by atomic mass is 9.71. The molecular weight excluding hydrogens is 544 g/mol. The summed E-state index contributed by atoms with van der Waals surface area (Å²) in [5, 5.41) is 11.7. The van der Waals surface area contributed by atoms with E-state index in [0.29, 0.717) is 30.8 Å². The maximum atomic E-state index is 13.2. The Morgan fingerprint density at radius 2 is 1.93 bits per heavy atom. The predicted molar refractivity (Wildman–Crippen MR) is 164 cm³/mol. The van der Waals surface area contributed by atoms with Gasteiger partial charge in [0.2, 0.25) is 6.79 Å². The van der Waals surface area contributed by atoms with Crippen molar-refractivity contribution in [2.24, 2.45) is 5.92 Å². The first-order chi connectivity index (χ1) is 20.6. The number of phenols is 1. The number of likely N-dealkylation sites (N-methyl/N-ethyl adjacent to an activating group) is 1. The van der Waals surface area contributed by atoms with Crippen LogP contribution in [-0.2, 0) is 17.6 Å². The molecule has 0 saturated carbocycles. The molecule has 4 unspecified atom stereocenters. The second-order valence-electron chi connectivity index (χ2n) is 12.7. The van der Waals surface area contributed by atoms with E-state index in [2.05, 4.69) is 42.7 Å². The second kappa shape index (κ2) is 11.3. The minimum absolute atomic E-state index is 0.00206. The van der Waals surface area contributed by atoms with Crippen LogP contribution < -0.4 is 18.9 Å². The first-order valence-electron chi connectivity index (χ1n) is 15.6. The smallest absolute Gasteiger partial charge is 0.231 e. The van der Waals surface area contributed by atoms with Gasteiger partial charge in [0.15, 0.2) is 23.0 Å². The second-order valence-corrected chi connectivity index (χ2v) is 12.7. The molecule has 2 aromatic carbocycles. The molecule has 4 aliphatic heterocycles. The summed E-state index contributed by atoms with van der Waals surface area (Å²) in [7, 11) is 3.79. The van der Waals surface area contributed by atoms with Crippen molar-refractivity contribution in [3.05, 3.63) is 39.4 Å². The third-order valence-electron chi connectivity index (χ3n) is 10.6. The highest BCUT2D eigenvalue weighted by Gasteiger charge is 2.55. The molecule has 1 fully saturated rings. The maximum Gasteiger partial charge on any atom is 0.231 e. The molecule has 6 atom stereocenters. The number of carbonyl (C=O) groups is 1. The SMILES string of the molecule is C#CCOc1c(C)c2c(c3c1CC1[C@H]4c5c(cc(C)c(OC)c5O)C[C@@H](C(C)N1C3CCC(=O)C(C)CC)N4C)OCO2. The molecule has 1 N–H and O–H groups in total. The highest BCUT2D eigenvalue weighted by Crippen LogP contribution is 2.59. The van der Waals surface area contributed by atoms with E-state index in [-0.39, 0.29) is 61.1 Å². The van der Waals surface area contributed by atoms with E-state index in [1.54, 1.807) is 7.11 Å². The normalized spacial score (nSPS) is 26.1. The van der Waals surface area contributed by atoms with Gasteiger partial charge in [-0.15, -0.1) is 6.42 Å². The number of hydrogen-bond acceptors (Lipinski definition) is 8. The van der Waals surface area contributed by atoms with Crippen molar-refractivity contribution in [1.29, 1.82) is 0 Å². The van der Waals surface area contributed by atoms with Gasteiger partial charge in [0.05, 0.1) is 13.2 Å². The van der Waals surface area contributed by atoms with Gasteiger partial charge in [-0.3, -0.25) is 14.6 Å². The number of fused-ring (bicyclic) bond motifs is 9. The number of rotatable bonds is 8. The van der Waals surface area contributed by atoms with Crippen molar-refractivity contribution in [1.82, 2.24) is 9.80 Å². The number of carbonyl (C=O) groups excluding carboxylic acids is 1. The van der Waals surface area contributed by atoms with Gasteiger partial charge < -0.3 is 24.1 Å². The lowest BCUT2D eigenvalue weighted by Gasteiger charge is -2.61. The Kier molecular flexibility index (Phi) is 7.76. The quantitative estimate of drug-likeness (QED) is 0.410. The van der Waals surface area contributed by atoms with Crippen LogP contribution in [0.3, 0.4) is 0 Å². The molecular formula is C35H44N2O6. The van der Waals surface area contributed by atoms with Crippen LogP contribution in [0, 0.1) is 32.1 Å². The molecule has 2 bridgehead atoms. The van der Waals surface area contributed by atoms with Gasteiger partial charge in [-0.05, 0) is 64.6 Å². The van der Waals surface area contributed by atoms with Gasteiger partial charge in [0.1, 0.15) is 18.1 Å². The zero-order valence-corrected chi connectivity index (χ0v) is 26.5. The predicted octanol–water partition coefficient (Wildman–Crippen LogP) is 5.42. The summed E-state index contributed by atoms with van der Waals surface area (Å²) >= 11 is 0. The Hall–Kier alpha value is -3.41. The van der Waals surface area contributed by atoms with E-state index >= 15 is 0 Å². The Morgan fingerprint density at radius 1 is 1.19 bits per heavy atom. The minimum atomic E-state index is -0.101. The lowest BCUT2D eigenvalue weighted by Crippen LogP contribution is -2.67. The average Bonchev–Trinajstić information content (AvgIpc) is 3.48. The van der Waals surface area contributed by atoms with Crippen molar-refractivity contribution in [2.75, 3.05) is 27.6 Å². The molecule has 43 heavy (non-hydrogen) atoms. The fraction of sp³-hybridized carbons (Fsp3) is 0.571. The van der Waals surface area contributed by atoms with Gasteiger partial charge in [-0.1, -0.05) is 25.8 Å². The summed E-state index contributed by atoms with van der Waals surface area (Å²) in [5.74, 6) is 5.88. The van der Waals surface area contributed by atoms with Crippen LogP contribution in [0.1, 0.15) is 85.5 Å². The van der Waals surface area contributed by atoms with Crippen LogP contribution in [0.25, 0.3) is 0 Å². The molecule has 230 valence electrons. The summed E-state index contributed by atoms with van der Waals surface area (Å²) in [6, 6.07) is 2.39. The highest BCUT2D eigenvalue weighted by atomic mass is 16.7. The first-order valence-corrected chi connectivity index (χ1v) is 15.6. The molecule has 0 radical (unpaired) electrons. The minimum Gasteiger partial charge on any atom is -0.504 e. The number of nitrogens with zero attached hydrogens (tertiary/aromatic N) is 2. The van der Waals surface area contributed by atoms with Crippen LogP contribution in [0.2, 0.25) is 0 Å². The third-order valence-corrected chi connectivity index (χ3v) is 10.6. The van der Waals surface area contributed by atoms with E-state index < -0.39 is 0 Å². The maximum absolute atomic E-state index is 13.2. The van der Waals surface area contributed by atoms with Crippen LogP contribution in [0.4, 0.5) is 0 Å². The van der Waals surface area contributed by atoms with E-state index in [9.17, 15) is 9.90 Å². The number of benzene rings is 2. The summed E-state index contributed by atoms with van der Waals surface area (Å²) < 4.78 is 24.2. The molecule has 0 amide bonds. The lowest BCUT2D eigenvalue weighted by molar-refractivity contribution is -0.124. The third kappa shape index (κ3) is 4.46. The number of ketones is 1. The number of methoxy groups -OCH3 is 1. The van der Waals surface area contributed by atoms with Crippen LogP contribution in [0.5, 0.6) is 28.7 Å². The monoisotopic (exact) mass is 588 g/mol. The van der Waals surface area contributed by atoms with Crippen molar-refractivity contribution in [3.8, 4) is 41.1 Å². The molecule has 1 saturated heterocycles. The topological polar surface area (TPSA) is 80.7 Å². The Labute approximate surface area is 255 Å². The average molecular weight is 589 g/mol. The number of phenolic OH excluding ortho intramolecular Hbond substituents is 1. The molecule has 4 heterocycles. The summed E-state index contributed by atoms with van der Waals surface area (Å²) in [4.78, 5) is 18.3. The van der Waals surface area contributed by atoms with E-state index in [1.807, 2.05) is 20.8 Å². The summed E-state index contributed by atoms with van der Waals surface area (Å²) in [6.07, 6.45) is 9.10.